The van der Waals surface area contributed by atoms with Crippen molar-refractivity contribution < 1.29 is 34.6 Å². The van der Waals surface area contributed by atoms with E-state index in [0.29, 0.717) is 25.3 Å². The second kappa shape index (κ2) is 10.4. The number of aromatic hydroxyl groups is 1. The van der Waals surface area contributed by atoms with Crippen molar-refractivity contribution in [3.05, 3.63) is 41.5 Å². The lowest BCUT2D eigenvalue weighted by Crippen LogP contribution is -2.44. The summed E-state index contributed by atoms with van der Waals surface area (Å²) < 4.78 is 100. The summed E-state index contributed by atoms with van der Waals surface area (Å²) in [5.41, 5.74) is -2.26. The number of nitrogens with zero attached hydrogens (tertiary/aromatic N) is 5. The number of phenolic OH excluding ortho intramolecular Hbond substituents is 1. The normalized spacial score (nSPS) is 27.1. The molecule has 3 atom stereocenters. The molecule has 4 aromatic rings. The first-order valence-electron chi connectivity index (χ1n) is 17.6. The van der Waals surface area contributed by atoms with Crippen LogP contribution in [0.3, 0.4) is 0 Å². The highest BCUT2D eigenvalue weighted by atomic mass is 19.1. The average Bonchev–Trinajstić information content (AvgIpc) is 3.52. The van der Waals surface area contributed by atoms with Gasteiger partial charge < -0.3 is 19.5 Å². The lowest BCUT2D eigenvalue weighted by Gasteiger charge is -2.35. The van der Waals surface area contributed by atoms with Crippen LogP contribution in [0.25, 0.3) is 32.9 Å². The number of benzene rings is 2. The van der Waals surface area contributed by atoms with Gasteiger partial charge in [0, 0.05) is 31.9 Å². The van der Waals surface area contributed by atoms with Gasteiger partial charge >= 0.3 is 6.01 Å². The van der Waals surface area contributed by atoms with Crippen LogP contribution in [-0.2, 0) is 6.37 Å². The van der Waals surface area contributed by atoms with E-state index in [9.17, 15) is 9.50 Å². The number of pyridine rings is 1. The van der Waals surface area contributed by atoms with Crippen LogP contribution in [0.4, 0.5) is 19.0 Å². The molecule has 1 N–H and O–H groups in total. The Morgan fingerprint density at radius 3 is 2.95 bits per heavy atom. The van der Waals surface area contributed by atoms with Crippen molar-refractivity contribution in [2.45, 2.75) is 69.5 Å². The van der Waals surface area contributed by atoms with Gasteiger partial charge in [0.2, 0.25) is 5.88 Å². The fourth-order valence-corrected chi connectivity index (χ4v) is 7.67. The van der Waals surface area contributed by atoms with Gasteiger partial charge in [-0.25, -0.2) is 18.2 Å². The Morgan fingerprint density at radius 1 is 1.16 bits per heavy atom. The Hall–Kier alpha value is -3.86. The topological polar surface area (TPSA) is 83.8 Å². The molecule has 0 amide bonds. The van der Waals surface area contributed by atoms with Gasteiger partial charge in [-0.1, -0.05) is 12.9 Å². The van der Waals surface area contributed by atoms with E-state index in [1.54, 1.807) is 0 Å². The smallest absolute Gasteiger partial charge is 0.319 e. The summed E-state index contributed by atoms with van der Waals surface area (Å²) in [5, 5.41) is 10.7. The zero-order valence-corrected chi connectivity index (χ0v) is 23.9. The van der Waals surface area contributed by atoms with Crippen molar-refractivity contribution in [3.63, 3.8) is 0 Å². The molecule has 6 heterocycles. The van der Waals surface area contributed by atoms with E-state index in [2.05, 4.69) is 14.9 Å². The molecular formula is C33H34F3N5O3. The number of aromatic nitrogens is 3. The largest absolute Gasteiger partial charge is 0.508 e. The molecule has 8 nitrogen and oxygen atoms in total. The maximum absolute atomic E-state index is 17.1. The number of fused-ring (bicyclic) bond motifs is 4. The zero-order valence-electron chi connectivity index (χ0n) is 28.9. The minimum Gasteiger partial charge on any atom is -0.508 e. The van der Waals surface area contributed by atoms with Gasteiger partial charge in [-0.15, -0.1) is 0 Å². The minimum atomic E-state index is -3.30. The molecule has 8 rings (SSSR count). The highest BCUT2D eigenvalue weighted by Crippen LogP contribution is 2.45. The first-order valence-corrected chi connectivity index (χ1v) is 15.1. The first-order chi connectivity index (χ1) is 23.3. The molecule has 230 valence electrons. The molecule has 0 spiro atoms. The molecule has 2 aromatic heterocycles. The molecule has 4 aliphatic heterocycles. The second-order valence-electron chi connectivity index (χ2n) is 12.3. The quantitative estimate of drug-likeness (QED) is 0.291. The molecule has 3 saturated heterocycles. The maximum atomic E-state index is 17.1. The van der Waals surface area contributed by atoms with Gasteiger partial charge in [0.1, 0.15) is 53.4 Å². The molecule has 3 fully saturated rings. The van der Waals surface area contributed by atoms with Gasteiger partial charge in [0.25, 0.3) is 0 Å². The predicted molar refractivity (Wildman–Crippen MR) is 160 cm³/mol. The first kappa shape index (κ1) is 22.6. The third kappa shape index (κ3) is 4.26. The van der Waals surface area contributed by atoms with Crippen LogP contribution in [0.2, 0.25) is 0 Å². The molecule has 0 saturated carbocycles. The summed E-state index contributed by atoms with van der Waals surface area (Å²) in [5.74, 6) is -2.18. The number of ether oxygens (including phenoxy) is 2. The molecular weight excluding hydrogens is 571 g/mol. The van der Waals surface area contributed by atoms with E-state index in [-0.39, 0.29) is 64.1 Å². The molecule has 0 unspecified atom stereocenters. The number of piperidine rings is 1. The molecule has 2 aromatic carbocycles. The highest BCUT2D eigenvalue weighted by molar-refractivity contribution is 6.03. The fraction of sp³-hybridized carbons (Fsp3) is 0.485. The number of alkyl halides is 1. The second-order valence-corrected chi connectivity index (χ2v) is 12.3. The average molecular weight is 611 g/mol. The third-order valence-electron chi connectivity index (χ3n) is 9.69. The van der Waals surface area contributed by atoms with E-state index < -0.39 is 47.8 Å². The summed E-state index contributed by atoms with van der Waals surface area (Å²) in [6.45, 7) is -1.30. The van der Waals surface area contributed by atoms with Gasteiger partial charge in [-0.05, 0) is 79.6 Å². The van der Waals surface area contributed by atoms with E-state index in [1.165, 1.54) is 12.1 Å². The van der Waals surface area contributed by atoms with E-state index in [1.807, 2.05) is 4.90 Å². The van der Waals surface area contributed by atoms with Gasteiger partial charge in [-0.2, -0.15) is 9.97 Å². The number of hydrogen-bond donors (Lipinski definition) is 1. The number of rotatable bonds is 5. The lowest BCUT2D eigenvalue weighted by molar-refractivity contribution is 0.107. The number of anilines is 1. The zero-order chi connectivity index (χ0) is 34.5. The van der Waals surface area contributed by atoms with Crippen molar-refractivity contribution in [2.24, 2.45) is 0 Å². The molecule has 0 bridgehead atoms. The Labute approximate surface area is 259 Å². The summed E-state index contributed by atoms with van der Waals surface area (Å²) >= 11 is 0. The van der Waals surface area contributed by atoms with Gasteiger partial charge in [-0.3, -0.25) is 4.90 Å². The van der Waals surface area contributed by atoms with Crippen LogP contribution in [0, 0.1) is 11.6 Å². The Kier molecular flexibility index (Phi) is 5.32. The van der Waals surface area contributed by atoms with Crippen molar-refractivity contribution in [2.75, 3.05) is 37.7 Å². The van der Waals surface area contributed by atoms with Crippen LogP contribution in [0.15, 0.2) is 24.3 Å². The number of aryl methyl sites for hydroxylation is 1. The number of halogens is 3. The molecule has 4 aliphatic rings. The van der Waals surface area contributed by atoms with Crippen LogP contribution in [0.1, 0.15) is 57.8 Å². The van der Waals surface area contributed by atoms with Crippen LogP contribution < -0.4 is 14.4 Å². The van der Waals surface area contributed by atoms with Crippen molar-refractivity contribution in [3.8, 4) is 28.9 Å². The SMILES string of the molecule is [2H]C([2H])([2H])C([2H])([2H])c1c(F)ccc2cc(O)cc(-c3nc4c5c(nc(OC[C@@]67CCCN6C[C@H](F)C7)nc5c3F)N3CCCC[C@H]3CO4)c12. The summed E-state index contributed by atoms with van der Waals surface area (Å²) in [7, 11) is 0. The number of hydrogen-bond acceptors (Lipinski definition) is 8. The van der Waals surface area contributed by atoms with E-state index in [4.69, 9.17) is 21.3 Å². The van der Waals surface area contributed by atoms with E-state index >= 15 is 8.78 Å². The van der Waals surface area contributed by atoms with Gasteiger partial charge in [0.15, 0.2) is 5.82 Å². The Bertz CT molecular complexity index is 2000. The molecule has 0 radical (unpaired) electrons. The van der Waals surface area contributed by atoms with Crippen molar-refractivity contribution >= 4 is 27.5 Å². The van der Waals surface area contributed by atoms with Gasteiger partial charge in [0.05, 0.1) is 11.6 Å². The monoisotopic (exact) mass is 610 g/mol. The summed E-state index contributed by atoms with van der Waals surface area (Å²) in [6.07, 6.45) is 0.379. The van der Waals surface area contributed by atoms with E-state index in [0.717, 1.165) is 50.8 Å². The Morgan fingerprint density at radius 2 is 2.07 bits per heavy atom. The highest BCUT2D eigenvalue weighted by Gasteiger charge is 2.49. The standard InChI is InChI=1S/C33H34F3N5O3/c1-2-22-24(35)8-7-18-12-21(42)13-23(25(18)22)28-27(36)29-26-30(41-11-4-3-6-20(41)16-43-31(26)37-28)39-32(38-29)44-17-33-9-5-10-40(33)15-19(34)14-33/h7-8,12-13,19-20,42H,2-6,9-11,14-17H2,1H3/t19-,20+,33+/m1/s1/i1D3,2D2. The molecule has 0 aliphatic carbocycles. The maximum Gasteiger partial charge on any atom is 0.319 e. The predicted octanol–water partition coefficient (Wildman–Crippen LogP) is 6.10. The molecule has 44 heavy (non-hydrogen) atoms. The minimum absolute atomic E-state index is 0.0211. The third-order valence-corrected chi connectivity index (χ3v) is 9.69. The number of phenols is 1. The van der Waals surface area contributed by atoms with Crippen LogP contribution >= 0.6 is 0 Å². The van der Waals surface area contributed by atoms with Crippen molar-refractivity contribution in [1.29, 1.82) is 0 Å². The lowest BCUT2D eigenvalue weighted by atomic mass is 9.94. The van der Waals surface area contributed by atoms with Crippen LogP contribution in [0.5, 0.6) is 17.6 Å². The summed E-state index contributed by atoms with van der Waals surface area (Å²) in [6, 6.07) is 4.23. The van der Waals surface area contributed by atoms with Crippen molar-refractivity contribution in [1.82, 2.24) is 19.9 Å². The fourth-order valence-electron chi connectivity index (χ4n) is 7.67. The molecule has 11 heteroatoms. The van der Waals surface area contributed by atoms with Crippen LogP contribution in [-0.4, -0.2) is 75.6 Å². The summed E-state index contributed by atoms with van der Waals surface area (Å²) in [4.78, 5) is 17.9. The Balaban J connectivity index is 1.35.